The van der Waals surface area contributed by atoms with Crippen LogP contribution in [0.3, 0.4) is 0 Å². The van der Waals surface area contributed by atoms with Crippen molar-refractivity contribution in [2.45, 2.75) is 13.3 Å². The molecule has 0 aromatic heterocycles. The van der Waals surface area contributed by atoms with Crippen LogP contribution < -0.4 is 0 Å². The number of hydrogen-bond acceptors (Lipinski definition) is 0. The van der Waals surface area contributed by atoms with Gasteiger partial charge in [0, 0.05) is 17.2 Å². The Bertz CT molecular complexity index is 772. The summed E-state index contributed by atoms with van der Waals surface area (Å²) in [5.41, 5.74) is 1.91. The van der Waals surface area contributed by atoms with Gasteiger partial charge in [-0.1, -0.05) is 37.3 Å². The third-order valence-electron chi connectivity index (χ3n) is 3.84. The molecule has 1 atom stereocenters. The fraction of sp³-hybridized carbons (Fsp3) is 0.158. The van der Waals surface area contributed by atoms with Crippen molar-refractivity contribution in [2.75, 3.05) is 0 Å². The lowest BCUT2D eigenvalue weighted by molar-refractivity contribution is 0.585. The average Bonchev–Trinajstić information content (AvgIpc) is 2.48. The maximum atomic E-state index is 14.4. The molecule has 22 heavy (non-hydrogen) atoms. The molecule has 0 aliphatic heterocycles. The summed E-state index contributed by atoms with van der Waals surface area (Å²) in [7, 11) is 0. The highest BCUT2D eigenvalue weighted by molar-refractivity contribution is 5.77. The molecular weight excluding hydrogens is 285 g/mol. The lowest BCUT2D eigenvalue weighted by atomic mass is 9.93. The summed E-state index contributed by atoms with van der Waals surface area (Å²) >= 11 is 0. The average molecular weight is 300 g/mol. The highest BCUT2D eigenvalue weighted by Gasteiger charge is 2.13. The lowest BCUT2D eigenvalue weighted by Gasteiger charge is -2.13. The highest BCUT2D eigenvalue weighted by Crippen LogP contribution is 2.30. The van der Waals surface area contributed by atoms with Gasteiger partial charge in [0.1, 0.15) is 17.5 Å². The zero-order valence-corrected chi connectivity index (χ0v) is 12.1. The molecule has 2 aromatic rings. The zero-order chi connectivity index (χ0) is 15.7. The van der Waals surface area contributed by atoms with Crippen molar-refractivity contribution in [3.05, 3.63) is 77.6 Å². The van der Waals surface area contributed by atoms with Crippen LogP contribution in [-0.4, -0.2) is 0 Å². The van der Waals surface area contributed by atoms with Crippen LogP contribution in [-0.2, 0) is 0 Å². The molecule has 0 bridgehead atoms. The minimum absolute atomic E-state index is 0.189. The van der Waals surface area contributed by atoms with E-state index >= 15 is 0 Å². The topological polar surface area (TPSA) is 0 Å². The molecule has 1 aliphatic carbocycles. The Morgan fingerprint density at radius 3 is 2.27 bits per heavy atom. The predicted molar refractivity (Wildman–Crippen MR) is 82.7 cm³/mol. The van der Waals surface area contributed by atoms with Crippen molar-refractivity contribution >= 4 is 5.57 Å². The highest BCUT2D eigenvalue weighted by atomic mass is 19.1. The third kappa shape index (κ3) is 2.84. The first-order chi connectivity index (χ1) is 10.5. The van der Waals surface area contributed by atoms with Crippen molar-refractivity contribution in [3.63, 3.8) is 0 Å². The Morgan fingerprint density at radius 1 is 0.909 bits per heavy atom. The second-order valence-corrected chi connectivity index (χ2v) is 5.55. The standard InChI is InChI=1S/C19H15F3/c1-12-2-4-13(5-3-12)16-8-6-14(10-18(16)21)17-9-7-15(20)11-19(17)22/h2,4-12H,3H2,1H3. The number of benzene rings is 2. The molecule has 0 N–H and O–H groups in total. The number of allylic oxidation sites excluding steroid dienone is 4. The van der Waals surface area contributed by atoms with Crippen molar-refractivity contribution in [2.24, 2.45) is 5.92 Å². The number of halogens is 3. The van der Waals surface area contributed by atoms with E-state index in [0.717, 1.165) is 24.1 Å². The Hall–Kier alpha value is -2.29. The predicted octanol–water partition coefficient (Wildman–Crippen LogP) is 5.75. The van der Waals surface area contributed by atoms with Gasteiger partial charge in [-0.25, -0.2) is 13.2 Å². The van der Waals surface area contributed by atoms with E-state index in [0.29, 0.717) is 17.0 Å². The molecule has 1 aliphatic rings. The fourth-order valence-corrected chi connectivity index (χ4v) is 2.57. The van der Waals surface area contributed by atoms with Gasteiger partial charge in [0.25, 0.3) is 0 Å². The van der Waals surface area contributed by atoms with Gasteiger partial charge in [-0.05, 0) is 41.7 Å². The molecule has 0 radical (unpaired) electrons. The van der Waals surface area contributed by atoms with Crippen molar-refractivity contribution in [1.82, 2.24) is 0 Å². The molecule has 3 rings (SSSR count). The Morgan fingerprint density at radius 2 is 1.64 bits per heavy atom. The summed E-state index contributed by atoms with van der Waals surface area (Å²) in [6, 6.07) is 7.87. The lowest BCUT2D eigenvalue weighted by Crippen LogP contribution is -1.97. The molecule has 0 amide bonds. The Balaban J connectivity index is 1.98. The van der Waals surface area contributed by atoms with Crippen LogP contribution in [0.1, 0.15) is 18.9 Å². The van der Waals surface area contributed by atoms with E-state index in [9.17, 15) is 13.2 Å². The fourth-order valence-electron chi connectivity index (χ4n) is 2.57. The maximum Gasteiger partial charge on any atom is 0.133 e. The van der Waals surface area contributed by atoms with Gasteiger partial charge >= 0.3 is 0 Å². The van der Waals surface area contributed by atoms with Crippen molar-refractivity contribution in [3.8, 4) is 11.1 Å². The second kappa shape index (κ2) is 5.84. The van der Waals surface area contributed by atoms with Gasteiger partial charge in [-0.3, -0.25) is 0 Å². The van der Waals surface area contributed by atoms with Crippen LogP contribution in [0.4, 0.5) is 13.2 Å². The third-order valence-corrected chi connectivity index (χ3v) is 3.84. The molecule has 0 nitrogen and oxygen atoms in total. The largest absolute Gasteiger partial charge is 0.207 e. The SMILES string of the molecule is CC1C=CC(c2ccc(-c3ccc(F)cc3F)cc2F)=CC1. The van der Waals surface area contributed by atoms with Crippen LogP contribution in [0.25, 0.3) is 16.7 Å². The van der Waals surface area contributed by atoms with Gasteiger partial charge in [-0.15, -0.1) is 0 Å². The second-order valence-electron chi connectivity index (χ2n) is 5.55. The van der Waals surface area contributed by atoms with Crippen LogP contribution in [0.2, 0.25) is 0 Å². The molecule has 0 heterocycles. The molecule has 112 valence electrons. The van der Waals surface area contributed by atoms with Gasteiger partial charge in [0.15, 0.2) is 0 Å². The zero-order valence-electron chi connectivity index (χ0n) is 12.1. The smallest absolute Gasteiger partial charge is 0.133 e. The van der Waals surface area contributed by atoms with Crippen LogP contribution in [0, 0.1) is 23.4 Å². The van der Waals surface area contributed by atoms with E-state index in [2.05, 4.69) is 6.92 Å². The molecule has 0 saturated carbocycles. The Kier molecular flexibility index (Phi) is 3.88. The van der Waals surface area contributed by atoms with Crippen LogP contribution in [0.5, 0.6) is 0 Å². The normalized spacial score (nSPS) is 17.5. The van der Waals surface area contributed by atoms with E-state index < -0.39 is 17.5 Å². The van der Waals surface area contributed by atoms with Crippen LogP contribution in [0.15, 0.2) is 54.6 Å². The molecule has 2 aromatic carbocycles. The van der Waals surface area contributed by atoms with Crippen LogP contribution >= 0.6 is 0 Å². The van der Waals surface area contributed by atoms with E-state index in [1.165, 1.54) is 12.1 Å². The number of rotatable bonds is 2. The van der Waals surface area contributed by atoms with Gasteiger partial charge in [-0.2, -0.15) is 0 Å². The van der Waals surface area contributed by atoms with Gasteiger partial charge in [0.05, 0.1) is 0 Å². The minimum Gasteiger partial charge on any atom is -0.207 e. The molecule has 0 fully saturated rings. The van der Waals surface area contributed by atoms with E-state index in [4.69, 9.17) is 0 Å². The van der Waals surface area contributed by atoms with Crippen molar-refractivity contribution < 1.29 is 13.2 Å². The first-order valence-corrected chi connectivity index (χ1v) is 7.18. The monoisotopic (exact) mass is 300 g/mol. The summed E-state index contributed by atoms with van der Waals surface area (Å²) in [6.45, 7) is 2.10. The molecule has 0 saturated heterocycles. The summed E-state index contributed by atoms with van der Waals surface area (Å²) in [4.78, 5) is 0. The Labute approximate surface area is 127 Å². The van der Waals surface area contributed by atoms with Gasteiger partial charge < -0.3 is 0 Å². The quantitative estimate of drug-likeness (QED) is 0.662. The van der Waals surface area contributed by atoms with Gasteiger partial charge in [0.2, 0.25) is 0 Å². The van der Waals surface area contributed by atoms with E-state index in [1.807, 2.05) is 18.2 Å². The number of hydrogen-bond donors (Lipinski definition) is 0. The van der Waals surface area contributed by atoms with E-state index in [1.54, 1.807) is 12.1 Å². The molecular formula is C19H15F3. The summed E-state index contributed by atoms with van der Waals surface area (Å²) < 4.78 is 41.1. The van der Waals surface area contributed by atoms with E-state index in [-0.39, 0.29) is 5.56 Å². The molecule has 1 unspecified atom stereocenters. The maximum absolute atomic E-state index is 14.4. The van der Waals surface area contributed by atoms with Crippen molar-refractivity contribution in [1.29, 1.82) is 0 Å². The summed E-state index contributed by atoms with van der Waals surface area (Å²) in [5.74, 6) is -1.30. The summed E-state index contributed by atoms with van der Waals surface area (Å²) in [5, 5.41) is 0. The molecule has 0 spiro atoms. The summed E-state index contributed by atoms with van der Waals surface area (Å²) in [6.07, 6.45) is 6.83. The first kappa shape index (κ1) is 14.6. The minimum atomic E-state index is -0.697. The molecule has 3 heteroatoms. The first-order valence-electron chi connectivity index (χ1n) is 7.18.